The Hall–Kier alpha value is -1.85. The molecule has 24 heavy (non-hydrogen) atoms. The van der Waals surface area contributed by atoms with Crippen molar-refractivity contribution in [2.45, 2.75) is 6.42 Å². The highest BCUT2D eigenvalue weighted by Gasteiger charge is 2.59. The zero-order valence-corrected chi connectivity index (χ0v) is 14.1. The van der Waals surface area contributed by atoms with E-state index in [4.69, 9.17) is 23.2 Å². The van der Waals surface area contributed by atoms with Gasteiger partial charge in [-0.15, -0.1) is 0 Å². The number of carbonyl (C=O) groups excluding carboxylic acids is 3. The number of nitrogens with zero attached hydrogens (tertiary/aromatic N) is 1. The highest BCUT2D eigenvalue weighted by Crippen LogP contribution is 2.52. The van der Waals surface area contributed by atoms with Gasteiger partial charge in [0.05, 0.1) is 11.8 Å². The largest absolute Gasteiger partial charge is 0.324 e. The quantitative estimate of drug-likeness (QED) is 0.662. The first-order chi connectivity index (χ1) is 11.4. The van der Waals surface area contributed by atoms with E-state index in [0.29, 0.717) is 15.7 Å². The average Bonchev–Trinajstić information content (AvgIpc) is 3.16. The lowest BCUT2D eigenvalue weighted by molar-refractivity contribution is -0.143. The highest BCUT2D eigenvalue weighted by molar-refractivity contribution is 6.35. The van der Waals surface area contributed by atoms with Gasteiger partial charge in [-0.2, -0.15) is 0 Å². The maximum absolute atomic E-state index is 12.5. The molecule has 1 aromatic carbocycles. The second kappa shape index (κ2) is 5.60. The average molecular weight is 365 g/mol. The van der Waals surface area contributed by atoms with Crippen molar-refractivity contribution < 1.29 is 14.4 Å². The summed E-state index contributed by atoms with van der Waals surface area (Å²) >= 11 is 11.8. The fraction of sp³-hybridized carbons (Fsp3) is 0.353. The second-order valence-electron chi connectivity index (χ2n) is 6.47. The van der Waals surface area contributed by atoms with Gasteiger partial charge in [-0.25, -0.2) is 0 Å². The number of allylic oxidation sites excluding steroid dienone is 2. The van der Waals surface area contributed by atoms with Gasteiger partial charge >= 0.3 is 0 Å². The number of likely N-dealkylation sites (tertiary alicyclic amines) is 1. The maximum Gasteiger partial charge on any atom is 0.244 e. The molecule has 1 N–H and O–H groups in total. The SMILES string of the molecule is O=C(CN1C(=O)C2C3C=CC(C3)C2C1=O)Nc1cc(Cl)cc(Cl)c1. The number of halogens is 2. The number of nitrogens with one attached hydrogen (secondary N) is 1. The Morgan fingerprint density at radius 3 is 2.12 bits per heavy atom. The third-order valence-corrected chi connectivity index (χ3v) is 5.45. The van der Waals surface area contributed by atoms with Crippen LogP contribution in [0.5, 0.6) is 0 Å². The summed E-state index contributed by atoms with van der Waals surface area (Å²) in [5.74, 6) is -1.23. The van der Waals surface area contributed by atoms with Crippen molar-refractivity contribution in [3.63, 3.8) is 0 Å². The molecule has 3 amide bonds. The normalized spacial score (nSPS) is 30.2. The van der Waals surface area contributed by atoms with Crippen LogP contribution in [0.4, 0.5) is 5.69 Å². The van der Waals surface area contributed by atoms with E-state index in [-0.39, 0.29) is 42.0 Å². The zero-order valence-electron chi connectivity index (χ0n) is 12.5. The number of amides is 3. The summed E-state index contributed by atoms with van der Waals surface area (Å²) in [5, 5.41) is 3.41. The van der Waals surface area contributed by atoms with Crippen LogP contribution < -0.4 is 5.32 Å². The molecule has 0 spiro atoms. The summed E-state index contributed by atoms with van der Waals surface area (Å²) in [6.07, 6.45) is 4.91. The molecular formula is C17H14Cl2N2O3. The lowest BCUT2D eigenvalue weighted by atomic mass is 9.85. The number of imide groups is 1. The Morgan fingerprint density at radius 1 is 1.04 bits per heavy atom. The van der Waals surface area contributed by atoms with E-state index in [1.807, 2.05) is 12.2 Å². The van der Waals surface area contributed by atoms with Crippen molar-refractivity contribution in [3.8, 4) is 0 Å². The Balaban J connectivity index is 1.47. The molecule has 124 valence electrons. The van der Waals surface area contributed by atoms with E-state index in [0.717, 1.165) is 11.3 Å². The van der Waals surface area contributed by atoms with Crippen molar-refractivity contribution in [1.82, 2.24) is 4.90 Å². The van der Waals surface area contributed by atoms with E-state index < -0.39 is 5.91 Å². The van der Waals surface area contributed by atoms with Crippen LogP contribution in [0.2, 0.25) is 10.0 Å². The summed E-state index contributed by atoms with van der Waals surface area (Å²) in [5.41, 5.74) is 0.429. The van der Waals surface area contributed by atoms with E-state index in [1.54, 1.807) is 18.2 Å². The van der Waals surface area contributed by atoms with E-state index >= 15 is 0 Å². The molecule has 7 heteroatoms. The van der Waals surface area contributed by atoms with Crippen LogP contribution in [0.25, 0.3) is 0 Å². The molecule has 1 aromatic rings. The molecule has 4 rings (SSSR count). The molecule has 4 unspecified atom stereocenters. The first kappa shape index (κ1) is 15.7. The van der Waals surface area contributed by atoms with Gasteiger partial charge < -0.3 is 5.32 Å². The molecule has 3 aliphatic rings. The van der Waals surface area contributed by atoms with Gasteiger partial charge in [0.15, 0.2) is 0 Å². The van der Waals surface area contributed by atoms with Crippen LogP contribution in [0.1, 0.15) is 6.42 Å². The monoisotopic (exact) mass is 364 g/mol. The predicted octanol–water partition coefficient (Wildman–Crippen LogP) is 2.74. The summed E-state index contributed by atoms with van der Waals surface area (Å²) in [6, 6.07) is 4.66. The van der Waals surface area contributed by atoms with Gasteiger partial charge in [0.1, 0.15) is 6.54 Å². The molecule has 1 heterocycles. The van der Waals surface area contributed by atoms with Gasteiger partial charge in [0.25, 0.3) is 0 Å². The number of benzene rings is 1. The Morgan fingerprint density at radius 2 is 1.58 bits per heavy atom. The predicted molar refractivity (Wildman–Crippen MR) is 89.5 cm³/mol. The molecule has 4 atom stereocenters. The highest BCUT2D eigenvalue weighted by atomic mass is 35.5. The number of anilines is 1. The van der Waals surface area contributed by atoms with Crippen LogP contribution in [0.3, 0.4) is 0 Å². The summed E-state index contributed by atoms with van der Waals surface area (Å²) in [4.78, 5) is 38.4. The van der Waals surface area contributed by atoms with Crippen molar-refractivity contribution in [3.05, 3.63) is 40.4 Å². The van der Waals surface area contributed by atoms with Crippen LogP contribution >= 0.6 is 23.2 Å². The number of carbonyl (C=O) groups is 3. The molecule has 2 bridgehead atoms. The van der Waals surface area contributed by atoms with Crippen molar-refractivity contribution in [2.75, 3.05) is 11.9 Å². The molecule has 0 aromatic heterocycles. The Bertz CT molecular complexity index is 742. The van der Waals surface area contributed by atoms with Gasteiger partial charge in [0.2, 0.25) is 17.7 Å². The van der Waals surface area contributed by atoms with Crippen LogP contribution in [-0.2, 0) is 14.4 Å². The molecule has 0 radical (unpaired) electrons. The first-order valence-corrected chi connectivity index (χ1v) is 8.49. The van der Waals surface area contributed by atoms with E-state index in [2.05, 4.69) is 5.32 Å². The summed E-state index contributed by atoms with van der Waals surface area (Å²) in [7, 11) is 0. The fourth-order valence-corrected chi connectivity index (χ4v) is 4.62. The third kappa shape index (κ3) is 2.43. The summed E-state index contributed by atoms with van der Waals surface area (Å²) < 4.78 is 0. The molecular weight excluding hydrogens is 351 g/mol. The van der Waals surface area contributed by atoms with E-state index in [9.17, 15) is 14.4 Å². The molecule has 5 nitrogen and oxygen atoms in total. The van der Waals surface area contributed by atoms with Gasteiger partial charge in [-0.05, 0) is 36.5 Å². The number of hydrogen-bond donors (Lipinski definition) is 1. The van der Waals surface area contributed by atoms with Crippen LogP contribution in [0, 0.1) is 23.7 Å². The van der Waals surface area contributed by atoms with Crippen LogP contribution in [0.15, 0.2) is 30.4 Å². The van der Waals surface area contributed by atoms with Crippen molar-refractivity contribution in [1.29, 1.82) is 0 Å². The standard InChI is InChI=1S/C17H14Cl2N2O3/c18-10-4-11(19)6-12(5-10)20-13(22)7-21-16(23)14-8-1-2-9(3-8)15(14)17(21)24/h1-2,4-6,8-9,14-15H,3,7H2,(H,20,22). The third-order valence-electron chi connectivity index (χ3n) is 5.01. The van der Waals surface area contributed by atoms with Gasteiger partial charge in [-0.3, -0.25) is 19.3 Å². The van der Waals surface area contributed by atoms with Gasteiger partial charge in [0, 0.05) is 15.7 Å². The fourth-order valence-electron chi connectivity index (χ4n) is 4.09. The number of rotatable bonds is 3. The van der Waals surface area contributed by atoms with E-state index in [1.165, 1.54) is 0 Å². The van der Waals surface area contributed by atoms with Crippen molar-refractivity contribution >= 4 is 46.6 Å². The molecule has 2 aliphatic carbocycles. The second-order valence-corrected chi connectivity index (χ2v) is 7.34. The Labute approximate surface area is 148 Å². The molecule has 2 fully saturated rings. The Kier molecular flexibility index (Phi) is 3.66. The minimum atomic E-state index is -0.449. The lowest BCUT2D eigenvalue weighted by Gasteiger charge is -2.17. The lowest BCUT2D eigenvalue weighted by Crippen LogP contribution is -2.39. The summed E-state index contributed by atoms with van der Waals surface area (Å²) in [6.45, 7) is -0.283. The maximum atomic E-state index is 12.5. The molecule has 1 saturated carbocycles. The topological polar surface area (TPSA) is 66.5 Å². The van der Waals surface area contributed by atoms with Crippen LogP contribution in [-0.4, -0.2) is 29.2 Å². The molecule has 1 saturated heterocycles. The smallest absolute Gasteiger partial charge is 0.244 e. The van der Waals surface area contributed by atoms with Crippen molar-refractivity contribution in [2.24, 2.45) is 23.7 Å². The zero-order chi connectivity index (χ0) is 17.0. The number of hydrogen-bond acceptors (Lipinski definition) is 3. The first-order valence-electron chi connectivity index (χ1n) is 7.73. The van der Waals surface area contributed by atoms with Gasteiger partial charge in [-0.1, -0.05) is 35.4 Å². The number of fused-ring (bicyclic) bond motifs is 5. The minimum absolute atomic E-state index is 0.135. The molecule has 1 aliphatic heterocycles. The minimum Gasteiger partial charge on any atom is -0.324 e.